The lowest BCUT2D eigenvalue weighted by Gasteiger charge is -2.07. The van der Waals surface area contributed by atoms with Crippen LogP contribution in [-0.4, -0.2) is 11.1 Å². The van der Waals surface area contributed by atoms with Gasteiger partial charge in [0.15, 0.2) is 16.9 Å². The van der Waals surface area contributed by atoms with Gasteiger partial charge in [-0.05, 0) is 36.8 Å². The zero-order valence-electron chi connectivity index (χ0n) is 11.2. The molecule has 1 unspecified atom stereocenters. The molecule has 3 rings (SSSR count). The van der Waals surface area contributed by atoms with Crippen molar-refractivity contribution in [2.75, 3.05) is 0 Å². The van der Waals surface area contributed by atoms with Crippen molar-refractivity contribution in [1.29, 1.82) is 0 Å². The van der Waals surface area contributed by atoms with Gasteiger partial charge in [0.1, 0.15) is 5.58 Å². The molecule has 2 aromatic heterocycles. The van der Waals surface area contributed by atoms with Crippen LogP contribution in [0.15, 0.2) is 56.3 Å². The molecule has 3 aromatic rings. The van der Waals surface area contributed by atoms with Crippen molar-refractivity contribution in [2.45, 2.75) is 12.8 Å². The fourth-order valence-electron chi connectivity index (χ4n) is 2.13. The van der Waals surface area contributed by atoms with Crippen molar-refractivity contribution >= 4 is 16.9 Å². The number of carbonyl (C=O) groups is 1. The summed E-state index contributed by atoms with van der Waals surface area (Å²) in [6.07, 6.45) is 1.50. The Morgan fingerprint density at radius 1 is 1.19 bits per heavy atom. The Balaban J connectivity index is 2.16. The zero-order chi connectivity index (χ0) is 15.0. The summed E-state index contributed by atoms with van der Waals surface area (Å²) in [6.45, 7) is 1.57. The average Bonchev–Trinajstić information content (AvgIpc) is 3.00. The first-order valence-electron chi connectivity index (χ1n) is 6.41. The van der Waals surface area contributed by atoms with Gasteiger partial charge in [0.25, 0.3) is 0 Å². The van der Waals surface area contributed by atoms with Crippen molar-refractivity contribution in [1.82, 2.24) is 0 Å². The SMILES string of the molecule is CC(C(=O)O)c1ccc2oc(-c3ccco3)cc(=O)c2c1. The fraction of sp³-hybridized carbons (Fsp3) is 0.125. The number of furan rings is 1. The zero-order valence-corrected chi connectivity index (χ0v) is 11.2. The fourth-order valence-corrected chi connectivity index (χ4v) is 2.13. The molecule has 0 saturated carbocycles. The van der Waals surface area contributed by atoms with E-state index in [1.54, 1.807) is 37.3 Å². The quantitative estimate of drug-likeness (QED) is 0.798. The third-order valence-electron chi connectivity index (χ3n) is 3.39. The highest BCUT2D eigenvalue weighted by Gasteiger charge is 2.16. The van der Waals surface area contributed by atoms with Gasteiger partial charge in [-0.15, -0.1) is 0 Å². The lowest BCUT2D eigenvalue weighted by molar-refractivity contribution is -0.138. The van der Waals surface area contributed by atoms with E-state index in [9.17, 15) is 9.59 Å². The molecular weight excluding hydrogens is 272 g/mol. The molecular formula is C16H12O5. The van der Waals surface area contributed by atoms with Gasteiger partial charge in [-0.3, -0.25) is 9.59 Å². The summed E-state index contributed by atoms with van der Waals surface area (Å²) >= 11 is 0. The molecule has 0 radical (unpaired) electrons. The highest BCUT2D eigenvalue weighted by Crippen LogP contribution is 2.25. The Kier molecular flexibility index (Phi) is 3.10. The Hall–Kier alpha value is -2.82. The highest BCUT2D eigenvalue weighted by molar-refractivity contribution is 5.82. The predicted molar refractivity (Wildman–Crippen MR) is 76.2 cm³/mol. The summed E-state index contributed by atoms with van der Waals surface area (Å²) in [7, 11) is 0. The average molecular weight is 284 g/mol. The number of aliphatic carboxylic acids is 1. The number of carboxylic acids is 1. The second-order valence-electron chi connectivity index (χ2n) is 4.77. The molecule has 1 atom stereocenters. The summed E-state index contributed by atoms with van der Waals surface area (Å²) in [6, 6.07) is 9.57. The third kappa shape index (κ3) is 2.33. The Morgan fingerprint density at radius 2 is 2.00 bits per heavy atom. The van der Waals surface area contributed by atoms with E-state index in [0.29, 0.717) is 28.1 Å². The number of fused-ring (bicyclic) bond motifs is 1. The van der Waals surface area contributed by atoms with E-state index in [0.717, 1.165) is 0 Å². The monoisotopic (exact) mass is 284 g/mol. The van der Waals surface area contributed by atoms with E-state index in [4.69, 9.17) is 13.9 Å². The minimum atomic E-state index is -0.939. The van der Waals surface area contributed by atoms with Gasteiger partial charge in [-0.1, -0.05) is 6.07 Å². The van der Waals surface area contributed by atoms with Crippen LogP contribution in [0.5, 0.6) is 0 Å². The second kappa shape index (κ2) is 4.94. The van der Waals surface area contributed by atoms with Crippen LogP contribution in [0, 0.1) is 0 Å². The molecule has 5 nitrogen and oxygen atoms in total. The molecule has 0 spiro atoms. The van der Waals surface area contributed by atoms with Crippen LogP contribution in [0.3, 0.4) is 0 Å². The number of benzene rings is 1. The maximum Gasteiger partial charge on any atom is 0.310 e. The number of hydrogen-bond donors (Lipinski definition) is 1. The Bertz CT molecular complexity index is 858. The molecule has 0 saturated heterocycles. The van der Waals surface area contributed by atoms with Gasteiger partial charge >= 0.3 is 5.97 Å². The standard InChI is InChI=1S/C16H12O5/c1-9(16(18)19)10-4-5-13-11(7-10)12(17)8-15(21-13)14-3-2-6-20-14/h2-9H,1H3,(H,18,19). The van der Waals surface area contributed by atoms with Crippen molar-refractivity contribution in [2.24, 2.45) is 0 Å². The first kappa shape index (κ1) is 13.2. The van der Waals surface area contributed by atoms with E-state index in [1.165, 1.54) is 12.3 Å². The van der Waals surface area contributed by atoms with Crippen LogP contribution < -0.4 is 5.43 Å². The molecule has 1 aromatic carbocycles. The Morgan fingerprint density at radius 3 is 2.67 bits per heavy atom. The molecule has 0 fully saturated rings. The van der Waals surface area contributed by atoms with Gasteiger partial charge in [0, 0.05) is 6.07 Å². The lowest BCUT2D eigenvalue weighted by Crippen LogP contribution is -2.08. The molecule has 0 aliphatic carbocycles. The van der Waals surface area contributed by atoms with E-state index in [-0.39, 0.29) is 5.43 Å². The predicted octanol–water partition coefficient (Wildman–Crippen LogP) is 3.24. The van der Waals surface area contributed by atoms with Crippen molar-refractivity contribution in [3.8, 4) is 11.5 Å². The van der Waals surface area contributed by atoms with E-state index in [1.807, 2.05) is 0 Å². The van der Waals surface area contributed by atoms with Gasteiger partial charge in [-0.25, -0.2) is 0 Å². The molecule has 2 heterocycles. The highest BCUT2D eigenvalue weighted by atomic mass is 16.4. The normalized spacial score (nSPS) is 12.4. The maximum atomic E-state index is 12.2. The molecule has 106 valence electrons. The summed E-state index contributed by atoms with van der Waals surface area (Å²) < 4.78 is 10.8. The van der Waals surface area contributed by atoms with Crippen LogP contribution >= 0.6 is 0 Å². The molecule has 0 bridgehead atoms. The summed E-state index contributed by atoms with van der Waals surface area (Å²) in [5.74, 6) is -0.807. The van der Waals surface area contributed by atoms with Gasteiger partial charge in [-0.2, -0.15) is 0 Å². The van der Waals surface area contributed by atoms with Crippen LogP contribution in [0.4, 0.5) is 0 Å². The first-order chi connectivity index (χ1) is 10.1. The smallest absolute Gasteiger partial charge is 0.310 e. The molecule has 21 heavy (non-hydrogen) atoms. The van der Waals surface area contributed by atoms with E-state index >= 15 is 0 Å². The van der Waals surface area contributed by atoms with Gasteiger partial charge in [0.2, 0.25) is 0 Å². The molecule has 5 heteroatoms. The minimum absolute atomic E-state index is 0.234. The van der Waals surface area contributed by atoms with Crippen LogP contribution in [0.25, 0.3) is 22.5 Å². The van der Waals surface area contributed by atoms with Crippen molar-refractivity contribution in [3.63, 3.8) is 0 Å². The van der Waals surface area contributed by atoms with Crippen molar-refractivity contribution < 1.29 is 18.7 Å². The third-order valence-corrected chi connectivity index (χ3v) is 3.39. The molecule has 0 aliphatic rings. The summed E-state index contributed by atoms with van der Waals surface area (Å²) in [5.41, 5.74) is 0.727. The number of rotatable bonds is 3. The largest absolute Gasteiger partial charge is 0.481 e. The van der Waals surface area contributed by atoms with Crippen LogP contribution in [0.1, 0.15) is 18.4 Å². The maximum absolute atomic E-state index is 12.2. The van der Waals surface area contributed by atoms with Gasteiger partial charge < -0.3 is 13.9 Å². The summed E-state index contributed by atoms with van der Waals surface area (Å²) in [4.78, 5) is 23.2. The van der Waals surface area contributed by atoms with Gasteiger partial charge in [0.05, 0.1) is 17.6 Å². The second-order valence-corrected chi connectivity index (χ2v) is 4.77. The number of carboxylic acid groups (broad SMARTS) is 1. The molecule has 1 N–H and O–H groups in total. The molecule has 0 aliphatic heterocycles. The van der Waals surface area contributed by atoms with Crippen LogP contribution in [0.2, 0.25) is 0 Å². The molecule has 0 amide bonds. The van der Waals surface area contributed by atoms with E-state index in [2.05, 4.69) is 0 Å². The van der Waals surface area contributed by atoms with Crippen LogP contribution in [-0.2, 0) is 4.79 Å². The minimum Gasteiger partial charge on any atom is -0.481 e. The number of hydrogen-bond acceptors (Lipinski definition) is 4. The van der Waals surface area contributed by atoms with E-state index < -0.39 is 11.9 Å². The topological polar surface area (TPSA) is 80.7 Å². The lowest BCUT2D eigenvalue weighted by atomic mass is 9.99. The Labute approximate surface area is 119 Å². The first-order valence-corrected chi connectivity index (χ1v) is 6.41. The van der Waals surface area contributed by atoms with Crippen molar-refractivity contribution in [3.05, 3.63) is 58.4 Å². The summed E-state index contributed by atoms with van der Waals surface area (Å²) in [5, 5.41) is 9.39.